The minimum absolute atomic E-state index is 0.0505. The maximum atomic E-state index is 12.0. The first-order valence-corrected chi connectivity index (χ1v) is 8.18. The van der Waals surface area contributed by atoms with Crippen LogP contribution < -0.4 is 10.6 Å². The lowest BCUT2D eigenvalue weighted by Gasteiger charge is -2.19. The van der Waals surface area contributed by atoms with Gasteiger partial charge in [-0.2, -0.15) is 0 Å². The van der Waals surface area contributed by atoms with Crippen molar-refractivity contribution in [1.29, 1.82) is 0 Å². The molecule has 0 aromatic heterocycles. The van der Waals surface area contributed by atoms with Crippen molar-refractivity contribution in [2.24, 2.45) is 0 Å². The third kappa shape index (κ3) is 8.98. The van der Waals surface area contributed by atoms with Gasteiger partial charge in [0.1, 0.15) is 0 Å². The van der Waals surface area contributed by atoms with Gasteiger partial charge in [0.2, 0.25) is 11.8 Å². The molecule has 23 heavy (non-hydrogen) atoms. The number of carbonyl (C=O) groups excluding carboxylic acids is 2. The van der Waals surface area contributed by atoms with E-state index in [9.17, 15) is 9.59 Å². The maximum Gasteiger partial charge on any atom is 0.234 e. The Bertz CT molecular complexity index is 488. The lowest BCUT2D eigenvalue weighted by atomic mass is 10.1. The van der Waals surface area contributed by atoms with Crippen LogP contribution in [0, 0.1) is 0 Å². The summed E-state index contributed by atoms with van der Waals surface area (Å²) in [5.41, 5.74) is 1.27. The number of hydrogen-bond donors (Lipinski definition) is 2. The van der Waals surface area contributed by atoms with Gasteiger partial charge >= 0.3 is 0 Å². The molecule has 1 rings (SSSR count). The van der Waals surface area contributed by atoms with E-state index in [4.69, 9.17) is 0 Å². The number of amides is 2. The van der Waals surface area contributed by atoms with E-state index in [1.165, 1.54) is 5.56 Å². The number of aryl methyl sites for hydroxylation is 1. The molecule has 0 saturated heterocycles. The second-order valence-corrected chi connectivity index (χ2v) is 6.39. The molecule has 0 aliphatic heterocycles. The average Bonchev–Trinajstić information content (AvgIpc) is 2.44. The van der Waals surface area contributed by atoms with E-state index >= 15 is 0 Å². The van der Waals surface area contributed by atoms with Gasteiger partial charge in [0.25, 0.3) is 0 Å². The highest BCUT2D eigenvalue weighted by molar-refractivity contribution is 5.81. The van der Waals surface area contributed by atoms with Crippen LogP contribution in [0.3, 0.4) is 0 Å². The molecule has 0 aliphatic rings. The van der Waals surface area contributed by atoms with E-state index in [1.54, 1.807) is 11.9 Å². The Labute approximate surface area is 139 Å². The van der Waals surface area contributed by atoms with E-state index < -0.39 is 0 Å². The van der Waals surface area contributed by atoms with Gasteiger partial charge in [-0.15, -0.1) is 0 Å². The summed E-state index contributed by atoms with van der Waals surface area (Å²) in [6, 6.07) is 10.5. The number of hydrogen-bond acceptors (Lipinski definition) is 3. The van der Waals surface area contributed by atoms with E-state index in [0.717, 1.165) is 12.8 Å². The predicted molar refractivity (Wildman–Crippen MR) is 93.1 cm³/mol. The maximum absolute atomic E-state index is 12.0. The number of nitrogens with one attached hydrogen (secondary N) is 2. The van der Waals surface area contributed by atoms with Crippen molar-refractivity contribution in [2.75, 3.05) is 20.1 Å². The number of rotatable bonds is 9. The van der Waals surface area contributed by atoms with Crippen LogP contribution in [0.2, 0.25) is 0 Å². The Hall–Kier alpha value is -1.88. The summed E-state index contributed by atoms with van der Waals surface area (Å²) in [5.74, 6) is -0.113. The lowest BCUT2D eigenvalue weighted by Crippen LogP contribution is -2.44. The fourth-order valence-corrected chi connectivity index (χ4v) is 2.33. The van der Waals surface area contributed by atoms with Gasteiger partial charge < -0.3 is 10.6 Å². The molecule has 1 aromatic rings. The largest absolute Gasteiger partial charge is 0.353 e. The van der Waals surface area contributed by atoms with E-state index in [1.807, 2.05) is 39.0 Å². The molecular weight excluding hydrogens is 290 g/mol. The van der Waals surface area contributed by atoms with Crippen LogP contribution in [-0.4, -0.2) is 48.9 Å². The van der Waals surface area contributed by atoms with Crippen molar-refractivity contribution in [3.63, 3.8) is 0 Å². The molecular formula is C18H29N3O2. The first-order valence-electron chi connectivity index (χ1n) is 8.18. The molecule has 0 radical (unpaired) electrons. The fraction of sp³-hybridized carbons (Fsp3) is 0.556. The van der Waals surface area contributed by atoms with E-state index in [0.29, 0.717) is 0 Å². The summed E-state index contributed by atoms with van der Waals surface area (Å²) in [6.07, 6.45) is 1.84. The molecule has 0 spiro atoms. The van der Waals surface area contributed by atoms with Crippen LogP contribution in [0.25, 0.3) is 0 Å². The van der Waals surface area contributed by atoms with Crippen LogP contribution in [0.4, 0.5) is 0 Å². The highest BCUT2D eigenvalue weighted by atomic mass is 16.2. The highest BCUT2D eigenvalue weighted by Crippen LogP contribution is 2.04. The van der Waals surface area contributed by atoms with Gasteiger partial charge in [0.15, 0.2) is 0 Å². The normalized spacial score (nSPS) is 12.3. The molecule has 2 amide bonds. The molecule has 0 aliphatic carbocycles. The van der Waals surface area contributed by atoms with Gasteiger partial charge in [-0.1, -0.05) is 30.3 Å². The van der Waals surface area contributed by atoms with E-state index in [-0.39, 0.29) is 37.0 Å². The number of carbonyl (C=O) groups is 2. The molecule has 0 fully saturated rings. The van der Waals surface area contributed by atoms with Crippen molar-refractivity contribution in [3.05, 3.63) is 35.9 Å². The van der Waals surface area contributed by atoms with Crippen LogP contribution in [0.15, 0.2) is 30.3 Å². The minimum Gasteiger partial charge on any atom is -0.353 e. The van der Waals surface area contributed by atoms with Crippen molar-refractivity contribution in [3.8, 4) is 0 Å². The Kier molecular flexibility index (Phi) is 8.33. The number of benzene rings is 1. The van der Waals surface area contributed by atoms with Gasteiger partial charge in [-0.05, 0) is 46.2 Å². The quantitative estimate of drug-likeness (QED) is 0.726. The smallest absolute Gasteiger partial charge is 0.234 e. The third-order valence-electron chi connectivity index (χ3n) is 3.39. The summed E-state index contributed by atoms with van der Waals surface area (Å²) in [4.78, 5) is 25.4. The average molecular weight is 319 g/mol. The Morgan fingerprint density at radius 3 is 2.13 bits per heavy atom. The van der Waals surface area contributed by atoms with Crippen molar-refractivity contribution in [2.45, 2.75) is 45.7 Å². The fourth-order valence-electron chi connectivity index (χ4n) is 2.33. The zero-order chi connectivity index (χ0) is 17.2. The zero-order valence-electron chi connectivity index (χ0n) is 14.6. The van der Waals surface area contributed by atoms with Gasteiger partial charge in [-0.25, -0.2) is 0 Å². The van der Waals surface area contributed by atoms with E-state index in [2.05, 4.69) is 22.8 Å². The monoisotopic (exact) mass is 319 g/mol. The first kappa shape index (κ1) is 19.2. The molecule has 5 heteroatoms. The Balaban J connectivity index is 2.25. The molecule has 2 N–H and O–H groups in total. The molecule has 1 atom stereocenters. The van der Waals surface area contributed by atoms with Gasteiger partial charge in [0.05, 0.1) is 13.1 Å². The first-order chi connectivity index (χ1) is 10.9. The minimum atomic E-state index is -0.0626. The second-order valence-electron chi connectivity index (χ2n) is 6.39. The predicted octanol–water partition coefficient (Wildman–Crippen LogP) is 1.58. The van der Waals surface area contributed by atoms with Gasteiger partial charge in [-0.3, -0.25) is 14.5 Å². The summed E-state index contributed by atoms with van der Waals surface area (Å²) in [5, 5.41) is 5.80. The second kappa shape index (κ2) is 10.0. The summed E-state index contributed by atoms with van der Waals surface area (Å²) in [6.45, 7) is 6.29. The number of nitrogens with zero attached hydrogens (tertiary/aromatic N) is 1. The third-order valence-corrected chi connectivity index (χ3v) is 3.39. The van der Waals surface area contributed by atoms with Gasteiger partial charge in [0, 0.05) is 12.1 Å². The summed E-state index contributed by atoms with van der Waals surface area (Å²) < 4.78 is 0. The molecule has 5 nitrogen and oxygen atoms in total. The molecule has 1 aromatic carbocycles. The molecule has 0 heterocycles. The lowest BCUT2D eigenvalue weighted by molar-refractivity contribution is -0.125. The molecule has 0 bridgehead atoms. The summed E-state index contributed by atoms with van der Waals surface area (Å²) >= 11 is 0. The Morgan fingerprint density at radius 2 is 1.57 bits per heavy atom. The van der Waals surface area contributed by atoms with Crippen LogP contribution >= 0.6 is 0 Å². The van der Waals surface area contributed by atoms with Crippen molar-refractivity contribution < 1.29 is 9.59 Å². The van der Waals surface area contributed by atoms with Crippen LogP contribution in [0.1, 0.15) is 32.8 Å². The zero-order valence-corrected chi connectivity index (χ0v) is 14.6. The summed E-state index contributed by atoms with van der Waals surface area (Å²) in [7, 11) is 1.77. The standard InChI is InChI=1S/C18H29N3O2/c1-14(2)19-17(22)12-21(4)13-18(23)20-15(3)10-11-16-8-6-5-7-9-16/h5-9,14-15H,10-13H2,1-4H3,(H,19,22)(H,20,23)/t15-/m1/s1. The van der Waals surface area contributed by atoms with Crippen molar-refractivity contribution in [1.82, 2.24) is 15.5 Å². The molecule has 128 valence electrons. The number of likely N-dealkylation sites (N-methyl/N-ethyl adjacent to an activating group) is 1. The molecule has 0 unspecified atom stereocenters. The van der Waals surface area contributed by atoms with Crippen molar-refractivity contribution >= 4 is 11.8 Å². The Morgan fingerprint density at radius 1 is 1.00 bits per heavy atom. The SMILES string of the molecule is CC(C)NC(=O)CN(C)CC(=O)N[C@H](C)CCc1ccccc1. The topological polar surface area (TPSA) is 61.4 Å². The highest BCUT2D eigenvalue weighted by Gasteiger charge is 2.13. The molecule has 0 saturated carbocycles. The van der Waals surface area contributed by atoms with Crippen LogP contribution in [0.5, 0.6) is 0 Å². The van der Waals surface area contributed by atoms with Crippen LogP contribution in [-0.2, 0) is 16.0 Å².